The van der Waals surface area contributed by atoms with Gasteiger partial charge in [0.05, 0.1) is 0 Å². The minimum Gasteiger partial charge on any atom is -0.396 e. The molecule has 2 aliphatic carbocycles. The fourth-order valence-electron chi connectivity index (χ4n) is 4.54. The zero-order chi connectivity index (χ0) is 20.2. The molecular formula is C24H48O2. The lowest BCUT2D eigenvalue weighted by atomic mass is 9.81. The third-order valence-electron chi connectivity index (χ3n) is 5.96. The van der Waals surface area contributed by atoms with E-state index in [1.165, 1.54) is 44.9 Å². The number of aliphatic hydroxyl groups excluding tert-OH is 1. The largest absolute Gasteiger partial charge is 0.396 e. The maximum Gasteiger partial charge on any atom is 0.136 e. The number of aliphatic hydroxyl groups is 1. The summed E-state index contributed by atoms with van der Waals surface area (Å²) in [4.78, 5) is 12.7. The lowest BCUT2D eigenvalue weighted by molar-refractivity contribution is -0.125. The highest BCUT2D eigenvalue weighted by atomic mass is 16.3. The Balaban J connectivity index is 0.00000146. The number of carbonyl (C=O) groups is 1. The van der Waals surface area contributed by atoms with E-state index < -0.39 is 0 Å². The second-order valence-electron chi connectivity index (χ2n) is 9.16. The van der Waals surface area contributed by atoms with Crippen molar-refractivity contribution in [3.05, 3.63) is 0 Å². The molecule has 0 spiro atoms. The monoisotopic (exact) mass is 368 g/mol. The Morgan fingerprint density at radius 2 is 1.50 bits per heavy atom. The van der Waals surface area contributed by atoms with E-state index in [1.807, 2.05) is 27.7 Å². The molecule has 0 aliphatic heterocycles. The molecule has 2 saturated carbocycles. The van der Waals surface area contributed by atoms with Gasteiger partial charge < -0.3 is 5.11 Å². The summed E-state index contributed by atoms with van der Waals surface area (Å²) >= 11 is 0. The van der Waals surface area contributed by atoms with Gasteiger partial charge in [-0.05, 0) is 48.9 Å². The SMILES string of the molecule is CC.CC.CC(C)(C)CCC1CC(C(=O)CC2CCCCC2)[C@H](CO)C1. The molecule has 0 saturated heterocycles. The Morgan fingerprint density at radius 1 is 0.923 bits per heavy atom. The van der Waals surface area contributed by atoms with Crippen molar-refractivity contribution in [1.82, 2.24) is 0 Å². The van der Waals surface area contributed by atoms with Crippen LogP contribution in [0.5, 0.6) is 0 Å². The Bertz CT molecular complexity index is 350. The summed E-state index contributed by atoms with van der Waals surface area (Å²) in [6.45, 7) is 15.1. The molecule has 0 heterocycles. The van der Waals surface area contributed by atoms with Crippen LogP contribution in [0.4, 0.5) is 0 Å². The van der Waals surface area contributed by atoms with E-state index in [-0.39, 0.29) is 18.4 Å². The molecule has 0 aromatic rings. The molecular weight excluding hydrogens is 320 g/mol. The van der Waals surface area contributed by atoms with Crippen LogP contribution in [-0.2, 0) is 4.79 Å². The van der Waals surface area contributed by atoms with E-state index in [9.17, 15) is 9.90 Å². The highest BCUT2D eigenvalue weighted by Crippen LogP contribution is 2.42. The van der Waals surface area contributed by atoms with Crippen molar-refractivity contribution in [1.29, 1.82) is 0 Å². The first-order valence-corrected chi connectivity index (χ1v) is 11.5. The molecule has 1 N–H and O–H groups in total. The van der Waals surface area contributed by atoms with Gasteiger partial charge in [-0.1, -0.05) is 80.6 Å². The van der Waals surface area contributed by atoms with Gasteiger partial charge in [0.25, 0.3) is 0 Å². The first-order valence-electron chi connectivity index (χ1n) is 11.5. The van der Waals surface area contributed by atoms with Gasteiger partial charge >= 0.3 is 0 Å². The fourth-order valence-corrected chi connectivity index (χ4v) is 4.54. The summed E-state index contributed by atoms with van der Waals surface area (Å²) in [7, 11) is 0. The van der Waals surface area contributed by atoms with Gasteiger partial charge in [-0.3, -0.25) is 4.79 Å². The third kappa shape index (κ3) is 9.53. The minimum atomic E-state index is 0.150. The minimum absolute atomic E-state index is 0.150. The number of hydrogen-bond acceptors (Lipinski definition) is 2. The van der Waals surface area contributed by atoms with Crippen molar-refractivity contribution < 1.29 is 9.90 Å². The van der Waals surface area contributed by atoms with Crippen molar-refractivity contribution in [3.63, 3.8) is 0 Å². The molecule has 2 rings (SSSR count). The number of Topliss-reactive ketones (excluding diaryl/α,β-unsaturated/α-hetero) is 1. The Kier molecular flexibility index (Phi) is 13.6. The molecule has 2 aliphatic rings. The summed E-state index contributed by atoms with van der Waals surface area (Å²) in [5.41, 5.74) is 0.374. The summed E-state index contributed by atoms with van der Waals surface area (Å²) in [6, 6.07) is 0. The second-order valence-corrected chi connectivity index (χ2v) is 9.16. The van der Waals surface area contributed by atoms with E-state index in [0.717, 1.165) is 19.3 Å². The molecule has 26 heavy (non-hydrogen) atoms. The van der Waals surface area contributed by atoms with E-state index >= 15 is 0 Å². The van der Waals surface area contributed by atoms with Crippen molar-refractivity contribution >= 4 is 5.78 Å². The summed E-state index contributed by atoms with van der Waals surface area (Å²) in [5, 5.41) is 9.68. The van der Waals surface area contributed by atoms with Gasteiger partial charge in [-0.2, -0.15) is 0 Å². The van der Waals surface area contributed by atoms with Crippen LogP contribution in [-0.4, -0.2) is 17.5 Å². The van der Waals surface area contributed by atoms with Crippen LogP contribution < -0.4 is 0 Å². The molecule has 0 aromatic heterocycles. The van der Waals surface area contributed by atoms with Crippen LogP contribution in [0.3, 0.4) is 0 Å². The van der Waals surface area contributed by atoms with E-state index in [0.29, 0.717) is 23.0 Å². The van der Waals surface area contributed by atoms with Gasteiger partial charge in [-0.15, -0.1) is 0 Å². The fraction of sp³-hybridized carbons (Fsp3) is 0.958. The second kappa shape index (κ2) is 13.7. The maximum absolute atomic E-state index is 12.7. The number of rotatable bonds is 6. The average molecular weight is 369 g/mol. The van der Waals surface area contributed by atoms with Crippen molar-refractivity contribution in [2.24, 2.45) is 29.1 Å². The molecule has 0 bridgehead atoms. The van der Waals surface area contributed by atoms with Crippen molar-refractivity contribution in [2.75, 3.05) is 6.61 Å². The first-order chi connectivity index (χ1) is 12.4. The average Bonchev–Trinajstić information content (AvgIpc) is 3.07. The molecule has 0 aromatic carbocycles. The summed E-state index contributed by atoms with van der Waals surface area (Å²) < 4.78 is 0. The Hall–Kier alpha value is -0.370. The zero-order valence-electron chi connectivity index (χ0n) is 18.9. The van der Waals surface area contributed by atoms with Crippen LogP contribution >= 0.6 is 0 Å². The molecule has 2 nitrogen and oxygen atoms in total. The predicted octanol–water partition coefficient (Wildman–Crippen LogP) is 7.04. The summed E-state index contributed by atoms with van der Waals surface area (Å²) in [5.74, 6) is 2.13. The molecule has 0 radical (unpaired) electrons. The molecule has 2 fully saturated rings. The highest BCUT2D eigenvalue weighted by Gasteiger charge is 2.38. The molecule has 0 amide bonds. The van der Waals surface area contributed by atoms with Crippen LogP contribution in [0.25, 0.3) is 0 Å². The van der Waals surface area contributed by atoms with Crippen LogP contribution in [0.1, 0.15) is 113 Å². The van der Waals surface area contributed by atoms with Gasteiger partial charge in [0.15, 0.2) is 0 Å². The normalized spacial score (nSPS) is 26.4. The van der Waals surface area contributed by atoms with Gasteiger partial charge in [0.1, 0.15) is 5.78 Å². The topological polar surface area (TPSA) is 37.3 Å². The molecule has 2 unspecified atom stereocenters. The number of carbonyl (C=O) groups excluding carboxylic acids is 1. The molecule has 3 atom stereocenters. The smallest absolute Gasteiger partial charge is 0.136 e. The van der Waals surface area contributed by atoms with E-state index in [2.05, 4.69) is 20.8 Å². The zero-order valence-corrected chi connectivity index (χ0v) is 18.9. The molecule has 2 heteroatoms. The van der Waals surface area contributed by atoms with Crippen LogP contribution in [0, 0.1) is 29.1 Å². The Morgan fingerprint density at radius 3 is 2.00 bits per heavy atom. The van der Waals surface area contributed by atoms with E-state index in [1.54, 1.807) is 0 Å². The van der Waals surface area contributed by atoms with Crippen LogP contribution in [0.2, 0.25) is 0 Å². The quantitative estimate of drug-likeness (QED) is 0.546. The standard InChI is InChI=1S/C20H36O2.2C2H6/c1-20(2,3)10-9-16-11-17(14-21)18(12-16)19(22)13-15-7-5-4-6-8-15;2*1-2/h15-18,21H,4-14H2,1-3H3;2*1-2H3/t16?,17-,18?;;/m0../s1. The van der Waals surface area contributed by atoms with Gasteiger partial charge in [0.2, 0.25) is 0 Å². The summed E-state index contributed by atoms with van der Waals surface area (Å²) in [6.07, 6.45) is 11.8. The predicted molar refractivity (Wildman–Crippen MR) is 114 cm³/mol. The van der Waals surface area contributed by atoms with Crippen LogP contribution in [0.15, 0.2) is 0 Å². The van der Waals surface area contributed by atoms with Crippen molar-refractivity contribution in [3.8, 4) is 0 Å². The third-order valence-corrected chi connectivity index (χ3v) is 5.96. The lowest BCUT2D eigenvalue weighted by Gasteiger charge is -2.23. The highest BCUT2D eigenvalue weighted by molar-refractivity contribution is 5.81. The van der Waals surface area contributed by atoms with E-state index in [4.69, 9.17) is 0 Å². The molecule has 156 valence electrons. The van der Waals surface area contributed by atoms with Gasteiger partial charge in [0, 0.05) is 18.9 Å². The van der Waals surface area contributed by atoms with Crippen molar-refractivity contribution in [2.45, 2.75) is 113 Å². The maximum atomic E-state index is 12.7. The number of ketones is 1. The Labute approximate surface area is 164 Å². The lowest BCUT2D eigenvalue weighted by Crippen LogP contribution is -2.24. The van der Waals surface area contributed by atoms with Gasteiger partial charge in [-0.25, -0.2) is 0 Å². The number of hydrogen-bond donors (Lipinski definition) is 1. The first kappa shape index (κ1) is 25.6.